The van der Waals surface area contributed by atoms with Crippen LogP contribution in [0.5, 0.6) is 0 Å². The van der Waals surface area contributed by atoms with E-state index in [1.807, 2.05) is 64.1 Å². The number of fused-ring (bicyclic) bond motifs is 3. The Morgan fingerprint density at radius 3 is 2.28 bits per heavy atom. The number of carbonyl (C=O) groups excluding carboxylic acids is 4. The summed E-state index contributed by atoms with van der Waals surface area (Å²) in [6.07, 6.45) is 4.32. The molecule has 67 heavy (non-hydrogen) atoms. The van der Waals surface area contributed by atoms with Gasteiger partial charge in [0, 0.05) is 51.5 Å². The molecule has 3 N–H and O–H groups in total. The first-order valence-corrected chi connectivity index (χ1v) is 25.0. The summed E-state index contributed by atoms with van der Waals surface area (Å²) in [7, 11) is 3.07. The molecule has 376 valence electrons. The molecule has 1 aromatic rings. The predicted octanol–water partition coefficient (Wildman–Crippen LogP) is 7.01. The number of Topliss-reactive ketones (excluding diaryl/α,β-unsaturated/α-hetero) is 2. The zero-order valence-corrected chi connectivity index (χ0v) is 41.6. The van der Waals surface area contributed by atoms with Crippen molar-refractivity contribution in [1.82, 2.24) is 4.90 Å². The summed E-state index contributed by atoms with van der Waals surface area (Å²) >= 11 is 0. The summed E-state index contributed by atoms with van der Waals surface area (Å²) in [5.41, 5.74) is 2.44. The van der Waals surface area contributed by atoms with Crippen LogP contribution in [0.2, 0.25) is 0 Å². The highest BCUT2D eigenvalue weighted by Crippen LogP contribution is 2.39. The van der Waals surface area contributed by atoms with Crippen molar-refractivity contribution in [1.29, 1.82) is 0 Å². The van der Waals surface area contributed by atoms with Crippen molar-refractivity contribution < 1.29 is 62.9 Å². The van der Waals surface area contributed by atoms with Crippen molar-refractivity contribution >= 4 is 23.4 Å². The quantitative estimate of drug-likeness (QED) is 0.110. The number of carbonyl (C=O) groups is 4. The molecule has 1 aliphatic carbocycles. The number of hydrogen-bond donors (Lipinski definition) is 3. The number of methoxy groups -OCH3 is 2. The second-order valence-corrected chi connectivity index (χ2v) is 20.0. The van der Waals surface area contributed by atoms with E-state index in [0.717, 1.165) is 24.0 Å². The number of ether oxygens (including phenoxy) is 6. The molecule has 5 rings (SSSR count). The van der Waals surface area contributed by atoms with E-state index in [4.69, 9.17) is 28.4 Å². The minimum absolute atomic E-state index is 0.0154. The molecule has 14 heteroatoms. The molecule has 3 heterocycles. The van der Waals surface area contributed by atoms with E-state index in [2.05, 4.69) is 13.0 Å². The molecule has 1 aromatic carbocycles. The van der Waals surface area contributed by atoms with E-state index >= 15 is 0 Å². The van der Waals surface area contributed by atoms with E-state index < -0.39 is 83.9 Å². The minimum Gasteiger partial charge on any atom is -0.456 e. The fourth-order valence-electron chi connectivity index (χ4n) is 10.7. The van der Waals surface area contributed by atoms with E-state index in [1.54, 1.807) is 13.8 Å². The monoisotopic (exact) mass is 940 g/mol. The minimum atomic E-state index is -2.52. The number of nitrogens with zero attached hydrogens (tertiary/aromatic N) is 1. The summed E-state index contributed by atoms with van der Waals surface area (Å²) in [5, 5.41) is 34.9. The third kappa shape index (κ3) is 13.9. The first kappa shape index (κ1) is 54.6. The van der Waals surface area contributed by atoms with E-state index in [0.29, 0.717) is 57.1 Å². The summed E-state index contributed by atoms with van der Waals surface area (Å²) in [6, 6.07) is 8.24. The van der Waals surface area contributed by atoms with Crippen LogP contribution in [0.1, 0.15) is 137 Å². The molecular formula is C53H81NO13. The number of ketones is 2. The Labute approximate surface area is 399 Å². The average molecular weight is 940 g/mol. The number of aliphatic hydroxyl groups is 3. The van der Waals surface area contributed by atoms with Gasteiger partial charge >= 0.3 is 5.97 Å². The number of cyclic esters (lactones) is 1. The Kier molecular flexibility index (Phi) is 20.8. The fourth-order valence-corrected chi connectivity index (χ4v) is 10.7. The molecule has 0 spiro atoms. The molecule has 15 unspecified atom stereocenters. The van der Waals surface area contributed by atoms with Crippen molar-refractivity contribution in [2.45, 2.75) is 186 Å². The number of esters is 1. The SMILES string of the molecule is CCCOC1CC(C=C(C)C2OC(=O)C3CCCCN3C(=O)C(=O)C3(O)OC(C(OC)CC(C)C/C(C)=C/C(CC)C(=O)CC(O)C2C)C(OC)CC3C)CCC1OCC(O)c1ccccc1. The Balaban J connectivity index is 1.47. The molecular weight excluding hydrogens is 859 g/mol. The molecule has 3 fully saturated rings. The van der Waals surface area contributed by atoms with Gasteiger partial charge in [0.25, 0.3) is 11.7 Å². The molecule has 15 atom stereocenters. The van der Waals surface area contributed by atoms with Crippen molar-refractivity contribution in [3.63, 3.8) is 0 Å². The lowest BCUT2D eigenvalue weighted by Crippen LogP contribution is -2.64. The van der Waals surface area contributed by atoms with Gasteiger partial charge in [0.2, 0.25) is 5.79 Å². The Morgan fingerprint density at radius 1 is 0.910 bits per heavy atom. The molecule has 0 radical (unpaired) electrons. The van der Waals surface area contributed by atoms with Gasteiger partial charge in [-0.1, -0.05) is 82.7 Å². The topological polar surface area (TPSA) is 188 Å². The van der Waals surface area contributed by atoms with Gasteiger partial charge in [-0.2, -0.15) is 0 Å². The van der Waals surface area contributed by atoms with Crippen molar-refractivity contribution in [2.24, 2.45) is 29.6 Å². The maximum absolute atomic E-state index is 14.6. The van der Waals surface area contributed by atoms with Crippen LogP contribution in [0, 0.1) is 29.6 Å². The normalized spacial score (nSPS) is 37.1. The van der Waals surface area contributed by atoms with E-state index in [9.17, 15) is 34.5 Å². The van der Waals surface area contributed by atoms with E-state index in [1.165, 1.54) is 19.1 Å². The van der Waals surface area contributed by atoms with Gasteiger partial charge in [-0.05, 0) is 107 Å². The Bertz CT molecular complexity index is 1840. The molecule has 1 amide bonds. The third-order valence-electron chi connectivity index (χ3n) is 14.8. The molecule has 4 aliphatic rings. The molecule has 2 bridgehead atoms. The van der Waals surface area contributed by atoms with Gasteiger partial charge in [0.1, 0.15) is 30.1 Å². The highest BCUT2D eigenvalue weighted by Gasteiger charge is 2.56. The van der Waals surface area contributed by atoms with E-state index in [-0.39, 0.29) is 62.2 Å². The number of amides is 1. The summed E-state index contributed by atoms with van der Waals surface area (Å²) in [4.78, 5) is 58.6. The van der Waals surface area contributed by atoms with Gasteiger partial charge in [0.05, 0.1) is 37.1 Å². The summed E-state index contributed by atoms with van der Waals surface area (Å²) in [6.45, 7) is 14.0. The van der Waals surface area contributed by atoms with Crippen molar-refractivity contribution in [2.75, 3.05) is 34.0 Å². The average Bonchev–Trinajstić information content (AvgIpc) is 3.32. The van der Waals surface area contributed by atoms with Crippen LogP contribution in [-0.2, 0) is 47.6 Å². The van der Waals surface area contributed by atoms with Crippen LogP contribution in [0.15, 0.2) is 53.6 Å². The fraction of sp³-hybridized carbons (Fsp3) is 0.736. The van der Waals surface area contributed by atoms with Crippen LogP contribution in [0.25, 0.3) is 0 Å². The molecule has 0 aromatic heterocycles. The van der Waals surface area contributed by atoms with Crippen molar-refractivity contribution in [3.05, 3.63) is 59.2 Å². The van der Waals surface area contributed by atoms with Crippen LogP contribution < -0.4 is 0 Å². The Hall–Kier alpha value is -3.34. The lowest BCUT2D eigenvalue weighted by molar-refractivity contribution is -0.302. The lowest BCUT2D eigenvalue weighted by atomic mass is 9.81. The number of piperidine rings is 1. The predicted molar refractivity (Wildman–Crippen MR) is 252 cm³/mol. The highest BCUT2D eigenvalue weighted by atomic mass is 16.7. The first-order chi connectivity index (χ1) is 31.9. The maximum atomic E-state index is 14.6. The molecule has 14 nitrogen and oxygen atoms in total. The number of rotatable bonds is 12. The first-order valence-electron chi connectivity index (χ1n) is 25.0. The van der Waals surface area contributed by atoms with Gasteiger partial charge in [0.15, 0.2) is 0 Å². The summed E-state index contributed by atoms with van der Waals surface area (Å²) in [5.74, 6) is -7.60. The van der Waals surface area contributed by atoms with Gasteiger partial charge in [-0.3, -0.25) is 14.4 Å². The molecule has 1 saturated carbocycles. The standard InChI is InChI=1S/C53H81NO13/c1-10-23-64-45-29-37(20-21-44(45)65-31-43(57)39-17-13-12-14-18-39)27-34(5)48-36(7)41(55)30-42(56)38(11-2)25-32(3)24-33(4)26-46(62-8)49-47(63-9)28-35(6)53(61,67-49)50(58)51(59)54-22-16-15-19-40(54)52(60)66-48/h12-14,17-18,25,27,33,35-38,40-41,43-49,55,57,61H,10-11,15-16,19-24,26,28-31H2,1-9H3/b32-25+,34-27?. The maximum Gasteiger partial charge on any atom is 0.329 e. The highest BCUT2D eigenvalue weighted by molar-refractivity contribution is 6.39. The second kappa shape index (κ2) is 25.5. The summed E-state index contributed by atoms with van der Waals surface area (Å²) < 4.78 is 37.1. The van der Waals surface area contributed by atoms with Gasteiger partial charge < -0.3 is 48.6 Å². The van der Waals surface area contributed by atoms with Gasteiger partial charge in [-0.25, -0.2) is 4.79 Å². The Morgan fingerprint density at radius 2 is 1.61 bits per heavy atom. The zero-order chi connectivity index (χ0) is 49.0. The zero-order valence-electron chi connectivity index (χ0n) is 41.6. The van der Waals surface area contributed by atoms with Crippen LogP contribution in [0.4, 0.5) is 0 Å². The largest absolute Gasteiger partial charge is 0.456 e. The number of hydrogen-bond acceptors (Lipinski definition) is 13. The molecule has 2 saturated heterocycles. The molecule has 3 aliphatic heterocycles. The third-order valence-corrected chi connectivity index (χ3v) is 14.8. The van der Waals surface area contributed by atoms with Crippen LogP contribution in [0.3, 0.4) is 0 Å². The smallest absolute Gasteiger partial charge is 0.329 e. The number of aliphatic hydroxyl groups excluding tert-OH is 2. The van der Waals surface area contributed by atoms with Gasteiger partial charge in [-0.15, -0.1) is 0 Å². The lowest BCUT2D eigenvalue weighted by Gasteiger charge is -2.47. The number of benzene rings is 1. The van der Waals surface area contributed by atoms with Crippen molar-refractivity contribution in [3.8, 4) is 0 Å². The van der Waals surface area contributed by atoms with Crippen LogP contribution in [-0.4, -0.2) is 132 Å². The van der Waals surface area contributed by atoms with Crippen LogP contribution >= 0.6 is 0 Å². The second-order valence-electron chi connectivity index (χ2n) is 20.0. The number of allylic oxidation sites excluding steroid dienone is 3.